The van der Waals surface area contributed by atoms with Crippen LogP contribution in [-0.2, 0) is 4.74 Å². The molecule has 8 nitrogen and oxygen atoms in total. The third-order valence-corrected chi connectivity index (χ3v) is 3.82. The molecule has 3 rings (SSSR count). The molecule has 8 heteroatoms. The number of rotatable bonds is 2. The summed E-state index contributed by atoms with van der Waals surface area (Å²) in [6, 6.07) is 3.55. The molecule has 1 fully saturated rings. The van der Waals surface area contributed by atoms with Crippen LogP contribution in [-0.4, -0.2) is 49.4 Å². The summed E-state index contributed by atoms with van der Waals surface area (Å²) in [5, 5.41) is 14.7. The Hall–Kier alpha value is -2.35. The maximum Gasteiger partial charge on any atom is 0.410 e. The van der Waals surface area contributed by atoms with Gasteiger partial charge in [-0.25, -0.2) is 14.3 Å². The van der Waals surface area contributed by atoms with Crippen molar-refractivity contribution in [3.8, 4) is 0 Å². The van der Waals surface area contributed by atoms with E-state index in [1.807, 2.05) is 20.8 Å². The SMILES string of the molecule is CC(C)(C)OC(=O)N1CC(C(O)c2ccc3c(N)ncnn23)C1. The second-order valence-corrected chi connectivity index (χ2v) is 6.79. The number of aromatic nitrogens is 3. The third-order valence-electron chi connectivity index (χ3n) is 3.82. The lowest BCUT2D eigenvalue weighted by atomic mass is 9.92. The summed E-state index contributed by atoms with van der Waals surface area (Å²) in [5.41, 5.74) is 6.57. The molecule has 124 valence electrons. The molecule has 23 heavy (non-hydrogen) atoms. The maximum absolute atomic E-state index is 11.9. The number of nitrogen functional groups attached to an aromatic ring is 1. The first-order valence-electron chi connectivity index (χ1n) is 7.50. The molecule has 0 spiro atoms. The van der Waals surface area contributed by atoms with Gasteiger partial charge in [0.05, 0.1) is 5.69 Å². The van der Waals surface area contributed by atoms with Crippen LogP contribution >= 0.6 is 0 Å². The predicted octanol–water partition coefficient (Wildman–Crippen LogP) is 1.21. The van der Waals surface area contributed by atoms with Crippen LogP contribution in [0.5, 0.6) is 0 Å². The Bertz CT molecular complexity index is 730. The Morgan fingerprint density at radius 2 is 2.13 bits per heavy atom. The molecule has 0 bridgehead atoms. The minimum atomic E-state index is -0.731. The van der Waals surface area contributed by atoms with Gasteiger partial charge in [-0.2, -0.15) is 5.10 Å². The zero-order valence-electron chi connectivity index (χ0n) is 13.4. The monoisotopic (exact) mass is 319 g/mol. The molecule has 2 aromatic rings. The van der Waals surface area contributed by atoms with E-state index in [1.54, 1.807) is 21.5 Å². The predicted molar refractivity (Wildman–Crippen MR) is 83.7 cm³/mol. The fourth-order valence-electron chi connectivity index (χ4n) is 2.63. The highest BCUT2D eigenvalue weighted by molar-refractivity contribution is 5.69. The number of aliphatic hydroxyl groups is 1. The van der Waals surface area contributed by atoms with Gasteiger partial charge in [-0.1, -0.05) is 0 Å². The van der Waals surface area contributed by atoms with Crippen LogP contribution in [0.2, 0.25) is 0 Å². The quantitative estimate of drug-likeness (QED) is 0.862. The van der Waals surface area contributed by atoms with Crippen molar-refractivity contribution in [3.05, 3.63) is 24.2 Å². The summed E-state index contributed by atoms with van der Waals surface area (Å²) >= 11 is 0. The average molecular weight is 319 g/mol. The van der Waals surface area contributed by atoms with Crippen LogP contribution in [0.25, 0.3) is 5.52 Å². The molecule has 0 radical (unpaired) electrons. The van der Waals surface area contributed by atoms with Gasteiger partial charge >= 0.3 is 6.09 Å². The van der Waals surface area contributed by atoms with E-state index in [1.165, 1.54) is 6.33 Å². The van der Waals surface area contributed by atoms with Gasteiger partial charge < -0.3 is 20.5 Å². The highest BCUT2D eigenvalue weighted by Gasteiger charge is 2.39. The van der Waals surface area contributed by atoms with E-state index in [-0.39, 0.29) is 12.0 Å². The second-order valence-electron chi connectivity index (χ2n) is 6.79. The standard InChI is InChI=1S/C15H21N5O3/c1-15(2,3)23-14(22)19-6-9(7-19)12(21)10-4-5-11-13(16)17-8-18-20(10)11/h4-5,8-9,12,21H,6-7H2,1-3H3,(H2,16,17,18). The number of likely N-dealkylation sites (tertiary alicyclic amines) is 1. The molecular formula is C15H21N5O3. The Kier molecular flexibility index (Phi) is 3.63. The molecule has 3 N–H and O–H groups in total. The summed E-state index contributed by atoms with van der Waals surface area (Å²) in [7, 11) is 0. The lowest BCUT2D eigenvalue weighted by Crippen LogP contribution is -2.53. The molecule has 0 aromatic carbocycles. The molecule has 2 aromatic heterocycles. The Morgan fingerprint density at radius 1 is 1.43 bits per heavy atom. The first-order valence-corrected chi connectivity index (χ1v) is 7.50. The number of nitrogens with zero attached hydrogens (tertiary/aromatic N) is 4. The van der Waals surface area contributed by atoms with E-state index in [4.69, 9.17) is 10.5 Å². The summed E-state index contributed by atoms with van der Waals surface area (Å²) in [4.78, 5) is 17.4. The number of ether oxygens (including phenoxy) is 1. The van der Waals surface area contributed by atoms with E-state index in [2.05, 4.69) is 10.1 Å². The molecule has 1 unspecified atom stereocenters. The largest absolute Gasteiger partial charge is 0.444 e. The van der Waals surface area contributed by atoms with Gasteiger partial charge in [0.2, 0.25) is 0 Å². The van der Waals surface area contributed by atoms with E-state index in [9.17, 15) is 9.90 Å². The van der Waals surface area contributed by atoms with Gasteiger partial charge in [-0.05, 0) is 32.9 Å². The maximum atomic E-state index is 11.9. The molecule has 1 atom stereocenters. The highest BCUT2D eigenvalue weighted by atomic mass is 16.6. The topological polar surface area (TPSA) is 106 Å². The van der Waals surface area contributed by atoms with Crippen LogP contribution in [0.3, 0.4) is 0 Å². The zero-order valence-corrected chi connectivity index (χ0v) is 13.4. The minimum Gasteiger partial charge on any atom is -0.444 e. The summed E-state index contributed by atoms with van der Waals surface area (Å²) < 4.78 is 6.90. The number of aliphatic hydroxyl groups excluding tert-OH is 1. The Balaban J connectivity index is 1.68. The van der Waals surface area contributed by atoms with Gasteiger partial charge in [0, 0.05) is 19.0 Å². The Labute approximate surface area is 133 Å². The molecule has 1 aliphatic heterocycles. The lowest BCUT2D eigenvalue weighted by Gasteiger charge is -2.41. The van der Waals surface area contributed by atoms with Gasteiger partial charge in [0.15, 0.2) is 5.82 Å². The normalized spacial score (nSPS) is 17.1. The molecule has 1 amide bonds. The minimum absolute atomic E-state index is 0.0585. The number of amides is 1. The van der Waals surface area contributed by atoms with Gasteiger partial charge in [0.25, 0.3) is 0 Å². The first kappa shape index (κ1) is 15.5. The summed E-state index contributed by atoms with van der Waals surface area (Å²) in [6.07, 6.45) is 0.268. The van der Waals surface area contributed by atoms with Crippen molar-refractivity contribution in [1.82, 2.24) is 19.5 Å². The molecule has 0 aliphatic carbocycles. The highest BCUT2D eigenvalue weighted by Crippen LogP contribution is 2.32. The van der Waals surface area contributed by atoms with E-state index < -0.39 is 11.7 Å². The number of carbonyl (C=O) groups excluding carboxylic acids is 1. The van der Waals surface area contributed by atoms with Gasteiger partial charge in [-0.3, -0.25) is 0 Å². The second kappa shape index (κ2) is 5.38. The number of hydrogen-bond donors (Lipinski definition) is 2. The molecule has 3 heterocycles. The van der Waals surface area contributed by atoms with Crippen molar-refractivity contribution in [2.45, 2.75) is 32.5 Å². The van der Waals surface area contributed by atoms with Crippen molar-refractivity contribution in [1.29, 1.82) is 0 Å². The van der Waals surface area contributed by atoms with Crippen molar-refractivity contribution in [2.75, 3.05) is 18.8 Å². The fraction of sp³-hybridized carbons (Fsp3) is 0.533. The number of hydrogen-bond acceptors (Lipinski definition) is 6. The number of nitrogens with two attached hydrogens (primary N) is 1. The summed E-state index contributed by atoms with van der Waals surface area (Å²) in [6.45, 7) is 6.38. The summed E-state index contributed by atoms with van der Waals surface area (Å²) in [5.74, 6) is 0.305. The van der Waals surface area contributed by atoms with E-state index in [0.29, 0.717) is 30.1 Å². The Morgan fingerprint density at radius 3 is 2.78 bits per heavy atom. The third kappa shape index (κ3) is 2.94. The smallest absolute Gasteiger partial charge is 0.410 e. The van der Waals surface area contributed by atoms with Crippen LogP contribution in [0, 0.1) is 5.92 Å². The fourth-order valence-corrected chi connectivity index (χ4v) is 2.63. The van der Waals surface area contributed by atoms with E-state index >= 15 is 0 Å². The van der Waals surface area contributed by atoms with E-state index in [0.717, 1.165) is 0 Å². The molecule has 0 saturated carbocycles. The van der Waals surface area contributed by atoms with Crippen molar-refractivity contribution in [3.63, 3.8) is 0 Å². The molecule has 1 saturated heterocycles. The number of fused-ring (bicyclic) bond motifs is 1. The number of carbonyl (C=O) groups is 1. The zero-order chi connectivity index (χ0) is 16.8. The van der Waals surface area contributed by atoms with Crippen molar-refractivity contribution < 1.29 is 14.6 Å². The molecule has 1 aliphatic rings. The van der Waals surface area contributed by atoms with Crippen LogP contribution in [0.15, 0.2) is 18.5 Å². The van der Waals surface area contributed by atoms with Crippen molar-refractivity contribution in [2.24, 2.45) is 5.92 Å². The lowest BCUT2D eigenvalue weighted by molar-refractivity contribution is -0.0328. The number of anilines is 1. The van der Waals surface area contributed by atoms with Gasteiger partial charge in [0.1, 0.15) is 23.5 Å². The van der Waals surface area contributed by atoms with Crippen LogP contribution in [0.1, 0.15) is 32.6 Å². The van der Waals surface area contributed by atoms with Gasteiger partial charge in [-0.15, -0.1) is 0 Å². The van der Waals surface area contributed by atoms with Crippen LogP contribution < -0.4 is 5.73 Å². The van der Waals surface area contributed by atoms with Crippen LogP contribution in [0.4, 0.5) is 10.6 Å². The average Bonchev–Trinajstić information content (AvgIpc) is 2.79. The molecular weight excluding hydrogens is 298 g/mol. The first-order chi connectivity index (χ1) is 10.8. The van der Waals surface area contributed by atoms with Crippen molar-refractivity contribution >= 4 is 17.4 Å².